The summed E-state index contributed by atoms with van der Waals surface area (Å²) < 4.78 is 5.20. The number of ether oxygens (including phenoxy) is 1. The monoisotopic (exact) mass is 405 g/mol. The molecule has 0 aromatic heterocycles. The molecule has 30 heavy (non-hydrogen) atoms. The predicted molar refractivity (Wildman–Crippen MR) is 116 cm³/mol. The summed E-state index contributed by atoms with van der Waals surface area (Å²) in [6.07, 6.45) is 0. The minimum Gasteiger partial charge on any atom is -0.494 e. The summed E-state index contributed by atoms with van der Waals surface area (Å²) >= 11 is 0. The molecule has 0 spiro atoms. The Bertz CT molecular complexity index is 970. The fraction of sp³-hybridized carbons (Fsp3) is 0.174. The molecule has 0 saturated heterocycles. The molecule has 7 nitrogen and oxygen atoms in total. The maximum atomic E-state index is 12.7. The SMILES string of the molecule is COc1cc([N+](=O)[O-])ccc1NC(=O)CN(C)C(c1ccccc1)c1ccccc1. The van der Waals surface area contributed by atoms with Crippen LogP contribution in [0.2, 0.25) is 0 Å². The molecule has 7 heteroatoms. The summed E-state index contributed by atoms with van der Waals surface area (Å²) in [7, 11) is 3.29. The molecule has 0 aliphatic heterocycles. The van der Waals surface area contributed by atoms with Crippen molar-refractivity contribution in [3.8, 4) is 5.75 Å². The normalized spacial score (nSPS) is 10.8. The second-order valence-corrected chi connectivity index (χ2v) is 6.83. The number of carbonyl (C=O) groups is 1. The lowest BCUT2D eigenvalue weighted by atomic mass is 9.97. The molecular formula is C23H23N3O4. The maximum absolute atomic E-state index is 12.7. The smallest absolute Gasteiger partial charge is 0.273 e. The van der Waals surface area contributed by atoms with Gasteiger partial charge < -0.3 is 10.1 Å². The minimum atomic E-state index is -0.508. The molecule has 0 unspecified atom stereocenters. The van der Waals surface area contributed by atoms with Crippen molar-refractivity contribution in [2.75, 3.05) is 26.0 Å². The van der Waals surface area contributed by atoms with Crippen LogP contribution in [0.25, 0.3) is 0 Å². The van der Waals surface area contributed by atoms with Crippen molar-refractivity contribution in [2.24, 2.45) is 0 Å². The molecule has 0 radical (unpaired) electrons. The van der Waals surface area contributed by atoms with Crippen molar-refractivity contribution in [1.82, 2.24) is 4.90 Å². The predicted octanol–water partition coefficient (Wildman–Crippen LogP) is 4.26. The number of carbonyl (C=O) groups excluding carboxylic acids is 1. The Morgan fingerprint density at radius 3 is 2.10 bits per heavy atom. The Labute approximate surface area is 175 Å². The van der Waals surface area contributed by atoms with E-state index in [1.165, 1.54) is 25.3 Å². The lowest BCUT2D eigenvalue weighted by Crippen LogP contribution is -2.34. The molecular weight excluding hydrogens is 382 g/mol. The first-order valence-electron chi connectivity index (χ1n) is 9.42. The average molecular weight is 405 g/mol. The molecule has 3 aromatic rings. The number of non-ortho nitro benzene ring substituents is 1. The zero-order valence-electron chi connectivity index (χ0n) is 16.8. The van der Waals surface area contributed by atoms with E-state index in [2.05, 4.69) is 5.32 Å². The number of amides is 1. The Hall–Kier alpha value is -3.71. The summed E-state index contributed by atoms with van der Waals surface area (Å²) in [6.45, 7) is 0.120. The number of nitrogens with zero attached hydrogens (tertiary/aromatic N) is 2. The maximum Gasteiger partial charge on any atom is 0.273 e. The van der Waals surface area contributed by atoms with Crippen molar-refractivity contribution in [1.29, 1.82) is 0 Å². The Morgan fingerprint density at radius 1 is 1.03 bits per heavy atom. The van der Waals surface area contributed by atoms with Gasteiger partial charge in [0.05, 0.1) is 36.4 Å². The summed E-state index contributed by atoms with van der Waals surface area (Å²) in [5.74, 6) is -0.00983. The van der Waals surface area contributed by atoms with E-state index in [0.717, 1.165) is 11.1 Å². The molecule has 0 atom stereocenters. The van der Waals surface area contributed by atoms with E-state index < -0.39 is 4.92 Å². The molecule has 0 fully saturated rings. The Balaban J connectivity index is 1.79. The van der Waals surface area contributed by atoms with Gasteiger partial charge in [-0.1, -0.05) is 60.7 Å². The van der Waals surface area contributed by atoms with E-state index in [1.54, 1.807) is 0 Å². The molecule has 3 rings (SSSR count). The van der Waals surface area contributed by atoms with Crippen LogP contribution in [0.1, 0.15) is 17.2 Å². The van der Waals surface area contributed by atoms with Crippen molar-refractivity contribution in [3.63, 3.8) is 0 Å². The summed E-state index contributed by atoms with van der Waals surface area (Å²) in [5, 5.41) is 13.7. The van der Waals surface area contributed by atoms with Gasteiger partial charge in [0.1, 0.15) is 5.75 Å². The number of nitro groups is 1. The van der Waals surface area contributed by atoms with Crippen molar-refractivity contribution < 1.29 is 14.5 Å². The van der Waals surface area contributed by atoms with E-state index >= 15 is 0 Å². The van der Waals surface area contributed by atoms with Crippen LogP contribution in [0.3, 0.4) is 0 Å². The third-order valence-electron chi connectivity index (χ3n) is 4.73. The fourth-order valence-corrected chi connectivity index (χ4v) is 3.38. The van der Waals surface area contributed by atoms with Gasteiger partial charge in [0.15, 0.2) is 0 Å². The molecule has 1 amide bonds. The largest absolute Gasteiger partial charge is 0.494 e. The van der Waals surface area contributed by atoms with E-state index in [1.807, 2.05) is 72.6 Å². The van der Waals surface area contributed by atoms with Crippen LogP contribution in [0.15, 0.2) is 78.9 Å². The highest BCUT2D eigenvalue weighted by Crippen LogP contribution is 2.30. The van der Waals surface area contributed by atoms with Gasteiger partial charge >= 0.3 is 0 Å². The Kier molecular flexibility index (Phi) is 6.77. The topological polar surface area (TPSA) is 84.7 Å². The number of nitrogens with one attached hydrogen (secondary N) is 1. The van der Waals surface area contributed by atoms with Crippen LogP contribution in [-0.2, 0) is 4.79 Å². The average Bonchev–Trinajstić information content (AvgIpc) is 2.75. The van der Waals surface area contributed by atoms with Gasteiger partial charge in [0, 0.05) is 6.07 Å². The minimum absolute atomic E-state index is 0.100. The van der Waals surface area contributed by atoms with Crippen molar-refractivity contribution in [3.05, 3.63) is 100 Å². The van der Waals surface area contributed by atoms with Gasteiger partial charge in [0.25, 0.3) is 5.69 Å². The number of hydrogen-bond acceptors (Lipinski definition) is 5. The first-order valence-corrected chi connectivity index (χ1v) is 9.42. The third kappa shape index (κ3) is 5.01. The number of nitro benzene ring substituents is 1. The van der Waals surface area contributed by atoms with E-state index in [9.17, 15) is 14.9 Å². The van der Waals surface area contributed by atoms with Crippen LogP contribution in [-0.4, -0.2) is 36.4 Å². The van der Waals surface area contributed by atoms with Crippen LogP contribution in [0, 0.1) is 10.1 Å². The summed E-state index contributed by atoms with van der Waals surface area (Å²) in [5.41, 5.74) is 2.44. The van der Waals surface area contributed by atoms with Crippen LogP contribution in [0.5, 0.6) is 5.75 Å². The zero-order valence-corrected chi connectivity index (χ0v) is 16.8. The van der Waals surface area contributed by atoms with Crippen molar-refractivity contribution >= 4 is 17.3 Å². The van der Waals surface area contributed by atoms with E-state index in [0.29, 0.717) is 5.69 Å². The van der Waals surface area contributed by atoms with Gasteiger partial charge in [-0.15, -0.1) is 0 Å². The highest BCUT2D eigenvalue weighted by molar-refractivity contribution is 5.94. The van der Waals surface area contributed by atoms with Gasteiger partial charge in [-0.2, -0.15) is 0 Å². The fourth-order valence-electron chi connectivity index (χ4n) is 3.38. The highest BCUT2D eigenvalue weighted by atomic mass is 16.6. The first kappa shape index (κ1) is 21.0. The molecule has 3 aromatic carbocycles. The molecule has 0 aliphatic rings. The lowest BCUT2D eigenvalue weighted by Gasteiger charge is -2.28. The summed E-state index contributed by atoms with van der Waals surface area (Å²) in [6, 6.07) is 23.9. The van der Waals surface area contributed by atoms with Crippen LogP contribution >= 0.6 is 0 Å². The highest BCUT2D eigenvalue weighted by Gasteiger charge is 2.22. The molecule has 0 aliphatic carbocycles. The first-order chi connectivity index (χ1) is 14.5. The van der Waals surface area contributed by atoms with Crippen molar-refractivity contribution in [2.45, 2.75) is 6.04 Å². The standard InChI is InChI=1S/C23H23N3O4/c1-25(23(17-9-5-3-6-10-17)18-11-7-4-8-12-18)16-22(27)24-20-14-13-19(26(28)29)15-21(20)30-2/h3-15,23H,16H2,1-2H3,(H,24,27). The van der Waals surface area contributed by atoms with Crippen LogP contribution < -0.4 is 10.1 Å². The number of methoxy groups -OCH3 is 1. The van der Waals surface area contributed by atoms with Gasteiger partial charge in [-0.05, 0) is 24.2 Å². The van der Waals surface area contributed by atoms with Gasteiger partial charge in [0.2, 0.25) is 5.91 Å². The molecule has 0 heterocycles. The molecule has 1 N–H and O–H groups in total. The van der Waals surface area contributed by atoms with E-state index in [-0.39, 0.29) is 29.9 Å². The molecule has 0 saturated carbocycles. The number of rotatable bonds is 8. The number of benzene rings is 3. The van der Waals surface area contributed by atoms with Gasteiger partial charge in [-0.3, -0.25) is 19.8 Å². The number of anilines is 1. The molecule has 0 bridgehead atoms. The van der Waals surface area contributed by atoms with E-state index in [4.69, 9.17) is 4.74 Å². The quantitative estimate of drug-likeness (QED) is 0.447. The second kappa shape index (κ2) is 9.67. The molecule has 154 valence electrons. The number of hydrogen-bond donors (Lipinski definition) is 1. The third-order valence-corrected chi connectivity index (χ3v) is 4.73. The van der Waals surface area contributed by atoms with Crippen LogP contribution in [0.4, 0.5) is 11.4 Å². The van der Waals surface area contributed by atoms with Gasteiger partial charge in [-0.25, -0.2) is 0 Å². The Morgan fingerprint density at radius 2 is 1.60 bits per heavy atom. The number of likely N-dealkylation sites (N-methyl/N-ethyl adjacent to an activating group) is 1. The lowest BCUT2D eigenvalue weighted by molar-refractivity contribution is -0.384. The second-order valence-electron chi connectivity index (χ2n) is 6.83. The zero-order chi connectivity index (χ0) is 21.5. The summed E-state index contributed by atoms with van der Waals surface area (Å²) in [4.78, 5) is 25.1.